The molecule has 28 heavy (non-hydrogen) atoms. The summed E-state index contributed by atoms with van der Waals surface area (Å²) in [5, 5.41) is 1.06. The summed E-state index contributed by atoms with van der Waals surface area (Å²) in [7, 11) is -3.51. The molecule has 2 fully saturated rings. The Labute approximate surface area is 169 Å². The molecule has 0 spiro atoms. The molecule has 1 aliphatic heterocycles. The normalized spacial score (nSPS) is 20.4. The van der Waals surface area contributed by atoms with Crippen molar-refractivity contribution in [2.75, 3.05) is 26.2 Å². The molecule has 0 atom stereocenters. The van der Waals surface area contributed by atoms with Crippen LogP contribution in [0.5, 0.6) is 0 Å². The zero-order valence-electron chi connectivity index (χ0n) is 15.6. The van der Waals surface area contributed by atoms with Crippen LogP contribution in [0.2, 0.25) is 0 Å². The maximum atomic E-state index is 13.0. The number of aryl methyl sites for hydroxylation is 2. The quantitative estimate of drug-likeness (QED) is 0.767. The standard InChI is InChI=1S/C20H23N3O3S2/c24-20(18-13-21-19(27-18)15-4-5-15)22-8-10-23(11-9-22)28(25,26)17-7-6-14-2-1-3-16(14)12-17/h6-7,12-13,15H,1-5,8-11H2. The van der Waals surface area contributed by atoms with Crippen molar-refractivity contribution >= 4 is 27.3 Å². The summed E-state index contributed by atoms with van der Waals surface area (Å²) in [6.07, 6.45) is 7.10. The number of thiazole rings is 1. The zero-order valence-corrected chi connectivity index (χ0v) is 17.3. The van der Waals surface area contributed by atoms with Gasteiger partial charge in [0.25, 0.3) is 5.91 Å². The number of hydrogen-bond donors (Lipinski definition) is 0. The zero-order chi connectivity index (χ0) is 19.3. The molecule has 0 radical (unpaired) electrons. The van der Waals surface area contributed by atoms with Gasteiger partial charge in [0.15, 0.2) is 0 Å². The molecule has 0 unspecified atom stereocenters. The molecule has 2 aromatic rings. The number of carbonyl (C=O) groups is 1. The highest BCUT2D eigenvalue weighted by Gasteiger charge is 2.33. The largest absolute Gasteiger partial charge is 0.335 e. The van der Waals surface area contributed by atoms with Crippen molar-refractivity contribution in [2.24, 2.45) is 0 Å². The van der Waals surface area contributed by atoms with Gasteiger partial charge in [-0.2, -0.15) is 4.31 Å². The van der Waals surface area contributed by atoms with Crippen LogP contribution in [0, 0.1) is 0 Å². The molecular formula is C20H23N3O3S2. The molecule has 1 saturated heterocycles. The van der Waals surface area contributed by atoms with Crippen molar-refractivity contribution in [1.29, 1.82) is 0 Å². The second kappa shape index (κ2) is 6.93. The van der Waals surface area contributed by atoms with Crippen LogP contribution < -0.4 is 0 Å². The van der Waals surface area contributed by atoms with Crippen LogP contribution in [0.1, 0.15) is 51.0 Å². The summed E-state index contributed by atoms with van der Waals surface area (Å²) in [4.78, 5) is 19.9. The van der Waals surface area contributed by atoms with Crippen molar-refractivity contribution in [3.05, 3.63) is 45.4 Å². The van der Waals surface area contributed by atoms with Gasteiger partial charge < -0.3 is 4.90 Å². The molecular weight excluding hydrogens is 394 g/mol. The minimum absolute atomic E-state index is 0.0287. The van der Waals surface area contributed by atoms with Gasteiger partial charge in [0.1, 0.15) is 4.88 Å². The van der Waals surface area contributed by atoms with E-state index in [0.717, 1.165) is 29.8 Å². The number of rotatable bonds is 4. The SMILES string of the molecule is O=C(c1cnc(C2CC2)s1)N1CCN(S(=O)(=O)c2ccc3c(c2)CCC3)CC1. The Morgan fingerprint density at radius 2 is 1.82 bits per heavy atom. The average Bonchev–Trinajstić information content (AvgIpc) is 3.26. The van der Waals surface area contributed by atoms with Crippen LogP contribution in [0.15, 0.2) is 29.3 Å². The molecule has 5 rings (SSSR count). The van der Waals surface area contributed by atoms with Crippen molar-refractivity contribution in [2.45, 2.75) is 42.9 Å². The summed E-state index contributed by atoms with van der Waals surface area (Å²) in [6, 6.07) is 5.52. The summed E-state index contributed by atoms with van der Waals surface area (Å²) >= 11 is 1.49. The smallest absolute Gasteiger partial charge is 0.265 e. The molecule has 0 N–H and O–H groups in total. The first-order chi connectivity index (χ1) is 13.5. The third kappa shape index (κ3) is 3.27. The van der Waals surface area contributed by atoms with Crippen molar-refractivity contribution in [1.82, 2.24) is 14.2 Å². The maximum absolute atomic E-state index is 13.0. The molecule has 2 heterocycles. The molecule has 148 valence electrons. The van der Waals surface area contributed by atoms with Gasteiger partial charge in [-0.3, -0.25) is 4.79 Å². The van der Waals surface area contributed by atoms with E-state index in [2.05, 4.69) is 4.98 Å². The van der Waals surface area contributed by atoms with Crippen LogP contribution in [0.4, 0.5) is 0 Å². The van der Waals surface area contributed by atoms with E-state index in [0.29, 0.717) is 41.9 Å². The molecule has 6 nitrogen and oxygen atoms in total. The van der Waals surface area contributed by atoms with Gasteiger partial charge in [-0.1, -0.05) is 6.07 Å². The number of carbonyl (C=O) groups excluding carboxylic acids is 1. The minimum Gasteiger partial charge on any atom is -0.335 e. The molecule has 0 bridgehead atoms. The summed E-state index contributed by atoms with van der Waals surface area (Å²) < 4.78 is 27.6. The molecule has 3 aliphatic rings. The second-order valence-corrected chi connectivity index (χ2v) is 10.8. The highest BCUT2D eigenvalue weighted by molar-refractivity contribution is 7.89. The van der Waals surface area contributed by atoms with E-state index in [1.165, 1.54) is 34.0 Å². The van der Waals surface area contributed by atoms with E-state index in [9.17, 15) is 13.2 Å². The lowest BCUT2D eigenvalue weighted by atomic mass is 10.1. The minimum atomic E-state index is -3.51. The lowest BCUT2D eigenvalue weighted by Crippen LogP contribution is -2.50. The Balaban J connectivity index is 1.26. The summed E-state index contributed by atoms with van der Waals surface area (Å²) in [5.41, 5.74) is 2.43. The average molecular weight is 418 g/mol. The fourth-order valence-electron chi connectivity index (χ4n) is 4.05. The molecule has 2 aliphatic carbocycles. The van der Waals surface area contributed by atoms with Gasteiger partial charge in [0, 0.05) is 32.1 Å². The Morgan fingerprint density at radius 1 is 1.07 bits per heavy atom. The van der Waals surface area contributed by atoms with E-state index in [1.54, 1.807) is 17.2 Å². The first-order valence-electron chi connectivity index (χ1n) is 9.89. The lowest BCUT2D eigenvalue weighted by molar-refractivity contribution is 0.0702. The fourth-order valence-corrected chi connectivity index (χ4v) is 6.58. The van der Waals surface area contributed by atoms with Gasteiger partial charge in [-0.25, -0.2) is 13.4 Å². The predicted octanol–water partition coefficient (Wildman–Crippen LogP) is 2.66. The van der Waals surface area contributed by atoms with Gasteiger partial charge in [-0.15, -0.1) is 11.3 Å². The number of benzene rings is 1. The molecule has 1 amide bonds. The predicted molar refractivity (Wildman–Crippen MR) is 107 cm³/mol. The number of hydrogen-bond acceptors (Lipinski definition) is 5. The Bertz CT molecular complexity index is 1020. The van der Waals surface area contributed by atoms with E-state index in [1.807, 2.05) is 12.1 Å². The second-order valence-electron chi connectivity index (χ2n) is 7.82. The molecule has 8 heteroatoms. The van der Waals surface area contributed by atoms with Crippen LogP contribution in [0.3, 0.4) is 0 Å². The van der Waals surface area contributed by atoms with E-state index in [-0.39, 0.29) is 5.91 Å². The van der Waals surface area contributed by atoms with Crippen molar-refractivity contribution in [3.8, 4) is 0 Å². The van der Waals surface area contributed by atoms with E-state index in [4.69, 9.17) is 0 Å². The number of fused-ring (bicyclic) bond motifs is 1. The van der Waals surface area contributed by atoms with E-state index >= 15 is 0 Å². The Kier molecular flexibility index (Phi) is 4.52. The number of piperazine rings is 1. The van der Waals surface area contributed by atoms with Crippen LogP contribution in [0.25, 0.3) is 0 Å². The topological polar surface area (TPSA) is 70.6 Å². The molecule has 1 aromatic heterocycles. The first-order valence-corrected chi connectivity index (χ1v) is 12.1. The van der Waals surface area contributed by atoms with Crippen molar-refractivity contribution < 1.29 is 13.2 Å². The third-order valence-corrected chi connectivity index (χ3v) is 8.94. The van der Waals surface area contributed by atoms with Gasteiger partial charge in [-0.05, 0) is 55.4 Å². The number of sulfonamides is 1. The van der Waals surface area contributed by atoms with Crippen LogP contribution in [-0.2, 0) is 22.9 Å². The molecule has 1 saturated carbocycles. The van der Waals surface area contributed by atoms with Crippen LogP contribution >= 0.6 is 11.3 Å². The third-order valence-electron chi connectivity index (χ3n) is 5.89. The highest BCUT2D eigenvalue weighted by atomic mass is 32.2. The number of amides is 1. The lowest BCUT2D eigenvalue weighted by Gasteiger charge is -2.33. The van der Waals surface area contributed by atoms with Crippen LogP contribution in [-0.4, -0.2) is 54.7 Å². The monoisotopic (exact) mass is 417 g/mol. The fraction of sp³-hybridized carbons (Fsp3) is 0.500. The molecule has 1 aromatic carbocycles. The maximum Gasteiger partial charge on any atom is 0.265 e. The summed E-state index contributed by atoms with van der Waals surface area (Å²) in [5.74, 6) is 0.514. The highest BCUT2D eigenvalue weighted by Crippen LogP contribution is 2.41. The first kappa shape index (κ1) is 18.3. The summed E-state index contributed by atoms with van der Waals surface area (Å²) in [6.45, 7) is 1.50. The van der Waals surface area contributed by atoms with Gasteiger partial charge in [0.05, 0.1) is 16.1 Å². The Morgan fingerprint density at radius 3 is 2.57 bits per heavy atom. The van der Waals surface area contributed by atoms with Gasteiger partial charge in [0.2, 0.25) is 10.0 Å². The number of nitrogens with zero attached hydrogens (tertiary/aromatic N) is 3. The number of aromatic nitrogens is 1. The van der Waals surface area contributed by atoms with Crippen molar-refractivity contribution in [3.63, 3.8) is 0 Å². The van der Waals surface area contributed by atoms with Gasteiger partial charge >= 0.3 is 0 Å². The van der Waals surface area contributed by atoms with E-state index < -0.39 is 10.0 Å². The Hall–Kier alpha value is -1.77.